The van der Waals surface area contributed by atoms with Gasteiger partial charge in [-0.3, -0.25) is 4.79 Å². The minimum atomic E-state index is -4.39. The second-order valence-electron chi connectivity index (χ2n) is 6.58. The predicted octanol–water partition coefficient (Wildman–Crippen LogP) is 3.00. The molecular formula is C18H25F3N2O2. The fourth-order valence-corrected chi connectivity index (χ4v) is 3.18. The highest BCUT2D eigenvalue weighted by atomic mass is 19.4. The summed E-state index contributed by atoms with van der Waals surface area (Å²) in [6.45, 7) is 3.10. The van der Waals surface area contributed by atoms with Gasteiger partial charge < -0.3 is 15.8 Å². The molecule has 4 nitrogen and oxygen atoms in total. The average molecular weight is 358 g/mol. The zero-order chi connectivity index (χ0) is 18.5. The quantitative estimate of drug-likeness (QED) is 0.822. The molecule has 25 heavy (non-hydrogen) atoms. The summed E-state index contributed by atoms with van der Waals surface area (Å²) in [6.07, 6.45) is -1.92. The molecule has 140 valence electrons. The first-order chi connectivity index (χ1) is 11.8. The standard InChI is InChI=1S/C18H25F3N2O2/c1-2-4-15(22)16(24)23-12-17(7-9-25-10-8-17)13-5-3-6-14(11-13)18(19,20)21/h3,5-6,11,15H,2,4,7-10,12,22H2,1H3,(H,23,24). The number of carbonyl (C=O) groups excluding carboxylic acids is 1. The zero-order valence-corrected chi connectivity index (χ0v) is 14.4. The van der Waals surface area contributed by atoms with Gasteiger partial charge in [-0.25, -0.2) is 0 Å². The maximum Gasteiger partial charge on any atom is 0.416 e. The van der Waals surface area contributed by atoms with Gasteiger partial charge in [-0.05, 0) is 30.9 Å². The molecule has 1 unspecified atom stereocenters. The lowest BCUT2D eigenvalue weighted by molar-refractivity contribution is -0.137. The molecule has 0 aromatic heterocycles. The molecule has 1 fully saturated rings. The molecule has 1 saturated heterocycles. The van der Waals surface area contributed by atoms with Crippen LogP contribution in [0.2, 0.25) is 0 Å². The highest BCUT2D eigenvalue weighted by Crippen LogP contribution is 2.37. The molecular weight excluding hydrogens is 333 g/mol. The average Bonchev–Trinajstić information content (AvgIpc) is 2.60. The topological polar surface area (TPSA) is 64.4 Å². The smallest absolute Gasteiger partial charge is 0.381 e. The van der Waals surface area contributed by atoms with Crippen molar-refractivity contribution < 1.29 is 22.7 Å². The molecule has 1 aliphatic rings. The highest BCUT2D eigenvalue weighted by Gasteiger charge is 2.37. The molecule has 3 N–H and O–H groups in total. The Bertz CT molecular complexity index is 584. The fraction of sp³-hybridized carbons (Fsp3) is 0.611. The van der Waals surface area contributed by atoms with E-state index in [1.165, 1.54) is 12.1 Å². The van der Waals surface area contributed by atoms with Crippen LogP contribution in [0.5, 0.6) is 0 Å². The van der Waals surface area contributed by atoms with Crippen LogP contribution in [0.15, 0.2) is 24.3 Å². The normalized spacial score (nSPS) is 18.6. The van der Waals surface area contributed by atoms with Crippen molar-refractivity contribution in [1.29, 1.82) is 0 Å². The van der Waals surface area contributed by atoms with E-state index < -0.39 is 23.2 Å². The van der Waals surface area contributed by atoms with Gasteiger partial charge in [0.25, 0.3) is 0 Å². The van der Waals surface area contributed by atoms with Crippen LogP contribution in [0.4, 0.5) is 13.2 Å². The van der Waals surface area contributed by atoms with Crippen LogP contribution in [-0.4, -0.2) is 31.7 Å². The first-order valence-corrected chi connectivity index (χ1v) is 8.57. The maximum atomic E-state index is 13.1. The Kier molecular flexibility index (Phi) is 6.46. The van der Waals surface area contributed by atoms with Crippen LogP contribution in [-0.2, 0) is 21.1 Å². The lowest BCUT2D eigenvalue weighted by atomic mass is 9.73. The van der Waals surface area contributed by atoms with Crippen LogP contribution in [0.1, 0.15) is 43.7 Å². The first-order valence-electron chi connectivity index (χ1n) is 8.57. The summed E-state index contributed by atoms with van der Waals surface area (Å²) >= 11 is 0. The Hall–Kier alpha value is -1.60. The maximum absolute atomic E-state index is 13.1. The molecule has 0 spiro atoms. The van der Waals surface area contributed by atoms with E-state index in [1.807, 2.05) is 6.92 Å². The first kappa shape index (κ1) is 19.7. The number of halogens is 3. The summed E-state index contributed by atoms with van der Waals surface area (Å²) in [7, 11) is 0. The van der Waals surface area contributed by atoms with Crippen molar-refractivity contribution in [3.8, 4) is 0 Å². The molecule has 0 saturated carbocycles. The van der Waals surface area contributed by atoms with Crippen molar-refractivity contribution in [3.63, 3.8) is 0 Å². The van der Waals surface area contributed by atoms with E-state index in [1.54, 1.807) is 6.07 Å². The molecule has 7 heteroatoms. The van der Waals surface area contributed by atoms with Gasteiger partial charge in [0.1, 0.15) is 0 Å². The minimum absolute atomic E-state index is 0.258. The van der Waals surface area contributed by atoms with Crippen molar-refractivity contribution in [2.24, 2.45) is 5.73 Å². The van der Waals surface area contributed by atoms with Crippen molar-refractivity contribution in [3.05, 3.63) is 35.4 Å². The number of hydrogen-bond donors (Lipinski definition) is 2. The Morgan fingerprint density at radius 3 is 2.64 bits per heavy atom. The number of alkyl halides is 3. The van der Waals surface area contributed by atoms with Crippen molar-refractivity contribution in [2.75, 3.05) is 19.8 Å². The van der Waals surface area contributed by atoms with Gasteiger partial charge in [0.2, 0.25) is 5.91 Å². The van der Waals surface area contributed by atoms with Gasteiger partial charge in [0, 0.05) is 25.2 Å². The Labute approximate surface area is 145 Å². The van der Waals surface area contributed by atoms with Gasteiger partial charge in [-0.2, -0.15) is 13.2 Å². The second-order valence-corrected chi connectivity index (χ2v) is 6.58. The SMILES string of the molecule is CCCC(N)C(=O)NCC1(c2cccc(C(F)(F)F)c2)CCOCC1. The molecule has 1 atom stereocenters. The van der Waals surface area contributed by atoms with Crippen molar-refractivity contribution in [1.82, 2.24) is 5.32 Å². The Balaban J connectivity index is 2.22. The molecule has 0 bridgehead atoms. The van der Waals surface area contributed by atoms with Gasteiger partial charge in [-0.1, -0.05) is 31.5 Å². The van der Waals surface area contributed by atoms with Crippen LogP contribution in [0.3, 0.4) is 0 Å². The summed E-state index contributed by atoms with van der Waals surface area (Å²) in [5.41, 5.74) is 5.16. The van der Waals surface area contributed by atoms with E-state index >= 15 is 0 Å². The third kappa shape index (κ3) is 4.95. The lowest BCUT2D eigenvalue weighted by Gasteiger charge is -2.38. The monoisotopic (exact) mass is 358 g/mol. The van der Waals surface area contributed by atoms with Gasteiger partial charge in [0.15, 0.2) is 0 Å². The molecule has 0 aliphatic carbocycles. The summed E-state index contributed by atoms with van der Waals surface area (Å²) in [5, 5.41) is 2.83. The summed E-state index contributed by atoms with van der Waals surface area (Å²) in [5.74, 6) is -0.264. The zero-order valence-electron chi connectivity index (χ0n) is 14.4. The number of rotatable bonds is 6. The number of ether oxygens (including phenoxy) is 1. The minimum Gasteiger partial charge on any atom is -0.381 e. The van der Waals surface area contributed by atoms with Gasteiger partial charge >= 0.3 is 6.18 Å². The van der Waals surface area contributed by atoms with Crippen LogP contribution < -0.4 is 11.1 Å². The van der Waals surface area contributed by atoms with Crippen LogP contribution in [0.25, 0.3) is 0 Å². The van der Waals surface area contributed by atoms with E-state index in [0.717, 1.165) is 12.5 Å². The molecule has 2 rings (SSSR count). The van der Waals surface area contributed by atoms with E-state index in [-0.39, 0.29) is 12.5 Å². The van der Waals surface area contributed by atoms with Crippen molar-refractivity contribution >= 4 is 5.91 Å². The van der Waals surface area contributed by atoms with Crippen LogP contribution >= 0.6 is 0 Å². The molecule has 1 aromatic carbocycles. The molecule has 0 radical (unpaired) electrons. The molecule has 1 heterocycles. The second kappa shape index (κ2) is 8.19. The summed E-state index contributed by atoms with van der Waals surface area (Å²) in [4.78, 5) is 12.1. The predicted molar refractivity (Wildman–Crippen MR) is 89.1 cm³/mol. The van der Waals surface area contributed by atoms with Gasteiger partial charge in [-0.15, -0.1) is 0 Å². The van der Waals surface area contributed by atoms with Crippen LogP contribution in [0, 0.1) is 0 Å². The Morgan fingerprint density at radius 2 is 2.04 bits per heavy atom. The van der Waals surface area contributed by atoms with Crippen molar-refractivity contribution in [2.45, 2.75) is 50.2 Å². The van der Waals surface area contributed by atoms with E-state index in [0.29, 0.717) is 38.0 Å². The fourth-order valence-electron chi connectivity index (χ4n) is 3.18. The number of hydrogen-bond acceptors (Lipinski definition) is 3. The van der Waals surface area contributed by atoms with E-state index in [9.17, 15) is 18.0 Å². The lowest BCUT2D eigenvalue weighted by Crippen LogP contribution is -2.49. The molecule has 1 amide bonds. The van der Waals surface area contributed by atoms with E-state index in [4.69, 9.17) is 10.5 Å². The number of carbonyl (C=O) groups is 1. The highest BCUT2D eigenvalue weighted by molar-refractivity contribution is 5.81. The molecule has 1 aromatic rings. The number of nitrogens with two attached hydrogens (primary N) is 1. The summed E-state index contributed by atoms with van der Waals surface area (Å²) in [6, 6.07) is 4.76. The number of nitrogens with one attached hydrogen (secondary N) is 1. The third-order valence-electron chi connectivity index (χ3n) is 4.79. The molecule has 1 aliphatic heterocycles. The largest absolute Gasteiger partial charge is 0.416 e. The van der Waals surface area contributed by atoms with Gasteiger partial charge in [0.05, 0.1) is 11.6 Å². The third-order valence-corrected chi connectivity index (χ3v) is 4.79. The van der Waals surface area contributed by atoms with E-state index in [2.05, 4.69) is 5.32 Å². The number of amides is 1. The Morgan fingerprint density at radius 1 is 1.36 bits per heavy atom. The number of benzene rings is 1. The summed E-state index contributed by atoms with van der Waals surface area (Å²) < 4.78 is 44.5.